The van der Waals surface area contributed by atoms with Crippen molar-refractivity contribution in [3.8, 4) is 0 Å². The predicted octanol–water partition coefficient (Wildman–Crippen LogP) is 3.49. The zero-order valence-corrected chi connectivity index (χ0v) is 11.6. The number of rotatable bonds is 3. The van der Waals surface area contributed by atoms with Gasteiger partial charge in [0.25, 0.3) is 0 Å². The van der Waals surface area contributed by atoms with Crippen LogP contribution in [0.4, 0.5) is 13.2 Å². The summed E-state index contributed by atoms with van der Waals surface area (Å²) in [5, 5.41) is 0. The summed E-state index contributed by atoms with van der Waals surface area (Å²) in [6, 6.07) is 6.26. The van der Waals surface area contributed by atoms with E-state index in [1.807, 2.05) is 6.92 Å². The first-order valence-electron chi connectivity index (χ1n) is 7.04. The van der Waals surface area contributed by atoms with Gasteiger partial charge in [0.05, 0.1) is 0 Å². The first-order valence-corrected chi connectivity index (χ1v) is 7.04. The second kappa shape index (κ2) is 6.14. The summed E-state index contributed by atoms with van der Waals surface area (Å²) in [6.45, 7) is 2.13. The third kappa shape index (κ3) is 3.15. The van der Waals surface area contributed by atoms with Crippen LogP contribution in [0.3, 0.4) is 0 Å². The molecule has 0 bridgehead atoms. The standard InChI is InChI=1S/C15H21F3N2/c1-11-6-5-9-13(10-19)20(11)14(15(16,17)18)12-7-3-2-4-8-12/h2-4,7-8,11,13-14H,5-6,9-10,19H2,1H3. The molecule has 1 aromatic carbocycles. The molecule has 1 aliphatic rings. The molecule has 2 rings (SSSR count). The van der Waals surface area contributed by atoms with Gasteiger partial charge in [-0.3, -0.25) is 4.90 Å². The predicted molar refractivity (Wildman–Crippen MR) is 73.2 cm³/mol. The summed E-state index contributed by atoms with van der Waals surface area (Å²) in [5.41, 5.74) is 6.00. The van der Waals surface area contributed by atoms with Crippen molar-refractivity contribution >= 4 is 0 Å². The van der Waals surface area contributed by atoms with Crippen LogP contribution in [-0.4, -0.2) is 29.7 Å². The van der Waals surface area contributed by atoms with Crippen LogP contribution in [0.5, 0.6) is 0 Å². The molecule has 3 unspecified atom stereocenters. The Labute approximate surface area is 117 Å². The number of nitrogens with two attached hydrogens (primary N) is 1. The molecular formula is C15H21F3N2. The molecule has 0 amide bonds. The minimum absolute atomic E-state index is 0.107. The molecule has 5 heteroatoms. The Morgan fingerprint density at radius 2 is 1.90 bits per heavy atom. The maximum atomic E-state index is 13.6. The summed E-state index contributed by atoms with van der Waals surface area (Å²) < 4.78 is 40.8. The SMILES string of the molecule is CC1CCCC(CN)N1C(c1ccccc1)C(F)(F)F. The lowest BCUT2D eigenvalue weighted by Gasteiger charge is -2.45. The van der Waals surface area contributed by atoms with E-state index in [1.165, 1.54) is 0 Å². The van der Waals surface area contributed by atoms with Gasteiger partial charge in [-0.1, -0.05) is 36.8 Å². The normalized spacial score (nSPS) is 26.4. The number of nitrogens with zero attached hydrogens (tertiary/aromatic N) is 1. The number of piperidine rings is 1. The third-order valence-electron chi connectivity index (χ3n) is 4.09. The highest BCUT2D eigenvalue weighted by Crippen LogP contribution is 2.42. The van der Waals surface area contributed by atoms with Crippen molar-refractivity contribution in [1.82, 2.24) is 4.90 Å². The highest BCUT2D eigenvalue weighted by Gasteiger charge is 2.48. The molecule has 3 atom stereocenters. The van der Waals surface area contributed by atoms with E-state index in [9.17, 15) is 13.2 Å². The summed E-state index contributed by atoms with van der Waals surface area (Å²) in [6.07, 6.45) is -1.82. The minimum atomic E-state index is -4.29. The summed E-state index contributed by atoms with van der Waals surface area (Å²) in [4.78, 5) is 1.57. The van der Waals surface area contributed by atoms with Gasteiger partial charge in [-0.2, -0.15) is 13.2 Å². The van der Waals surface area contributed by atoms with Gasteiger partial charge in [0.15, 0.2) is 0 Å². The van der Waals surface area contributed by atoms with E-state index in [4.69, 9.17) is 5.73 Å². The molecule has 1 saturated heterocycles. The van der Waals surface area contributed by atoms with Crippen LogP contribution in [0.1, 0.15) is 37.8 Å². The Hall–Kier alpha value is -1.07. The van der Waals surface area contributed by atoms with Crippen molar-refractivity contribution in [1.29, 1.82) is 0 Å². The minimum Gasteiger partial charge on any atom is -0.329 e. The number of hydrogen-bond donors (Lipinski definition) is 1. The van der Waals surface area contributed by atoms with Gasteiger partial charge >= 0.3 is 6.18 Å². The monoisotopic (exact) mass is 286 g/mol. The van der Waals surface area contributed by atoms with Crippen molar-refractivity contribution in [3.05, 3.63) is 35.9 Å². The average Bonchev–Trinajstić information content (AvgIpc) is 2.40. The Bertz CT molecular complexity index is 419. The van der Waals surface area contributed by atoms with Crippen LogP contribution < -0.4 is 5.73 Å². The second-order valence-corrected chi connectivity index (χ2v) is 5.47. The van der Waals surface area contributed by atoms with Crippen LogP contribution in [0.25, 0.3) is 0 Å². The molecule has 1 fully saturated rings. The number of hydrogen-bond acceptors (Lipinski definition) is 2. The summed E-state index contributed by atoms with van der Waals surface area (Å²) >= 11 is 0. The molecule has 2 nitrogen and oxygen atoms in total. The van der Waals surface area contributed by atoms with E-state index in [0.29, 0.717) is 5.56 Å². The van der Waals surface area contributed by atoms with E-state index in [-0.39, 0.29) is 18.6 Å². The fourth-order valence-corrected chi connectivity index (χ4v) is 3.18. The first-order chi connectivity index (χ1) is 9.45. The summed E-state index contributed by atoms with van der Waals surface area (Å²) in [5.74, 6) is 0. The van der Waals surface area contributed by atoms with Crippen molar-refractivity contribution < 1.29 is 13.2 Å². The van der Waals surface area contributed by atoms with Gasteiger partial charge in [-0.05, 0) is 25.3 Å². The third-order valence-corrected chi connectivity index (χ3v) is 4.09. The van der Waals surface area contributed by atoms with Crippen LogP contribution in [0.15, 0.2) is 30.3 Å². The van der Waals surface area contributed by atoms with Crippen LogP contribution in [-0.2, 0) is 0 Å². The Kier molecular flexibility index (Phi) is 4.70. The van der Waals surface area contributed by atoms with Gasteiger partial charge in [-0.25, -0.2) is 0 Å². The Morgan fingerprint density at radius 1 is 1.25 bits per heavy atom. The molecule has 0 radical (unpaired) electrons. The Morgan fingerprint density at radius 3 is 2.45 bits per heavy atom. The smallest absolute Gasteiger partial charge is 0.329 e. The molecule has 0 aliphatic carbocycles. The molecule has 0 aromatic heterocycles. The highest BCUT2D eigenvalue weighted by molar-refractivity contribution is 5.21. The van der Waals surface area contributed by atoms with Gasteiger partial charge in [-0.15, -0.1) is 0 Å². The fraction of sp³-hybridized carbons (Fsp3) is 0.600. The molecule has 1 heterocycles. The van der Waals surface area contributed by atoms with Crippen molar-refractivity contribution in [2.75, 3.05) is 6.54 Å². The molecular weight excluding hydrogens is 265 g/mol. The van der Waals surface area contributed by atoms with Crippen LogP contribution in [0, 0.1) is 0 Å². The van der Waals surface area contributed by atoms with E-state index >= 15 is 0 Å². The zero-order valence-electron chi connectivity index (χ0n) is 11.6. The lowest BCUT2D eigenvalue weighted by atomic mass is 9.91. The molecule has 1 aliphatic heterocycles. The lowest BCUT2D eigenvalue weighted by Crippen LogP contribution is -2.53. The molecule has 112 valence electrons. The molecule has 0 spiro atoms. The number of benzene rings is 1. The van der Waals surface area contributed by atoms with E-state index in [1.54, 1.807) is 35.2 Å². The quantitative estimate of drug-likeness (QED) is 0.921. The van der Waals surface area contributed by atoms with E-state index in [0.717, 1.165) is 19.3 Å². The van der Waals surface area contributed by atoms with E-state index < -0.39 is 12.2 Å². The Balaban J connectivity index is 2.40. The zero-order chi connectivity index (χ0) is 14.8. The first kappa shape index (κ1) is 15.3. The number of likely N-dealkylation sites (tertiary alicyclic amines) is 1. The maximum Gasteiger partial charge on any atom is 0.408 e. The fourth-order valence-electron chi connectivity index (χ4n) is 3.18. The molecule has 0 saturated carbocycles. The van der Waals surface area contributed by atoms with Crippen LogP contribution in [0.2, 0.25) is 0 Å². The van der Waals surface area contributed by atoms with E-state index in [2.05, 4.69) is 0 Å². The molecule has 1 aromatic rings. The van der Waals surface area contributed by atoms with Gasteiger partial charge < -0.3 is 5.73 Å². The molecule has 20 heavy (non-hydrogen) atoms. The van der Waals surface area contributed by atoms with Crippen molar-refractivity contribution in [3.63, 3.8) is 0 Å². The topological polar surface area (TPSA) is 29.3 Å². The highest BCUT2D eigenvalue weighted by atomic mass is 19.4. The van der Waals surface area contributed by atoms with Crippen molar-refractivity contribution in [2.24, 2.45) is 5.73 Å². The van der Waals surface area contributed by atoms with Gasteiger partial charge in [0.2, 0.25) is 0 Å². The number of halogens is 3. The van der Waals surface area contributed by atoms with Gasteiger partial charge in [0.1, 0.15) is 6.04 Å². The van der Waals surface area contributed by atoms with Gasteiger partial charge in [0, 0.05) is 18.6 Å². The largest absolute Gasteiger partial charge is 0.408 e. The number of alkyl halides is 3. The lowest BCUT2D eigenvalue weighted by molar-refractivity contribution is -0.202. The molecule has 2 N–H and O–H groups in total. The van der Waals surface area contributed by atoms with Crippen molar-refractivity contribution in [2.45, 2.75) is 50.5 Å². The maximum absolute atomic E-state index is 13.6. The second-order valence-electron chi connectivity index (χ2n) is 5.47. The summed E-state index contributed by atoms with van der Waals surface area (Å²) in [7, 11) is 0. The average molecular weight is 286 g/mol. The van der Waals surface area contributed by atoms with Crippen LogP contribution >= 0.6 is 0 Å².